The van der Waals surface area contributed by atoms with E-state index in [2.05, 4.69) is 91.9 Å². The highest BCUT2D eigenvalue weighted by Gasteiger charge is 2.08. The van der Waals surface area contributed by atoms with Crippen LogP contribution in [0.3, 0.4) is 0 Å². The summed E-state index contributed by atoms with van der Waals surface area (Å²) in [5.74, 6) is 0. The number of benzene rings is 4. The fourth-order valence-electron chi connectivity index (χ4n) is 3.33. The highest BCUT2D eigenvalue weighted by Crippen LogP contribution is 2.33. The first-order valence-corrected chi connectivity index (χ1v) is 8.84. The van der Waals surface area contributed by atoms with Crippen molar-refractivity contribution in [1.82, 2.24) is 0 Å². The lowest BCUT2D eigenvalue weighted by molar-refractivity contribution is 1.46. The van der Waals surface area contributed by atoms with Crippen molar-refractivity contribution in [1.29, 1.82) is 0 Å². The molecule has 1 nitrogen and oxygen atoms in total. The lowest BCUT2D eigenvalue weighted by Crippen LogP contribution is -1.92. The third kappa shape index (κ3) is 3.12. The fourth-order valence-corrected chi connectivity index (χ4v) is 3.33. The topological polar surface area (TPSA) is 26.0 Å². The van der Waals surface area contributed by atoms with Crippen molar-refractivity contribution in [3.05, 3.63) is 103 Å². The van der Waals surface area contributed by atoms with Crippen LogP contribution in [0.25, 0.3) is 33.4 Å². The zero-order valence-corrected chi connectivity index (χ0v) is 14.8. The molecule has 0 saturated carbocycles. The molecule has 4 aromatic rings. The summed E-state index contributed by atoms with van der Waals surface area (Å²) in [6.45, 7) is 2.12. The van der Waals surface area contributed by atoms with Crippen LogP contribution in [-0.4, -0.2) is 0 Å². The van der Waals surface area contributed by atoms with E-state index in [9.17, 15) is 0 Å². The SMILES string of the molecule is Cc1ccccc1-c1cc(-c2ccc(-c3ccccc3)cc2)ccc1N. The summed E-state index contributed by atoms with van der Waals surface area (Å²) in [4.78, 5) is 0. The Morgan fingerprint density at radius 3 is 1.73 bits per heavy atom. The van der Waals surface area contributed by atoms with Crippen LogP contribution in [0.1, 0.15) is 5.56 Å². The Bertz CT molecular complexity index is 1030. The second-order valence-corrected chi connectivity index (χ2v) is 6.56. The fraction of sp³-hybridized carbons (Fsp3) is 0.0400. The third-order valence-corrected chi connectivity index (χ3v) is 4.81. The monoisotopic (exact) mass is 335 g/mol. The van der Waals surface area contributed by atoms with Crippen LogP contribution < -0.4 is 5.73 Å². The first-order valence-electron chi connectivity index (χ1n) is 8.84. The van der Waals surface area contributed by atoms with E-state index >= 15 is 0 Å². The summed E-state index contributed by atoms with van der Waals surface area (Å²) >= 11 is 0. The number of aryl methyl sites for hydroxylation is 1. The average Bonchev–Trinajstić information content (AvgIpc) is 2.70. The standard InChI is InChI=1S/C25H21N/c1-18-7-5-6-10-23(18)24-17-22(15-16-25(24)26)21-13-11-20(12-14-21)19-8-3-2-4-9-19/h2-17H,26H2,1H3. The minimum atomic E-state index is 0.809. The van der Waals surface area contributed by atoms with Crippen LogP contribution in [0.5, 0.6) is 0 Å². The quantitative estimate of drug-likeness (QED) is 0.421. The molecule has 2 N–H and O–H groups in total. The summed E-state index contributed by atoms with van der Waals surface area (Å²) in [5, 5.41) is 0. The van der Waals surface area contributed by atoms with Gasteiger partial charge in [-0.1, -0.05) is 84.9 Å². The number of rotatable bonds is 3. The molecule has 0 aliphatic heterocycles. The summed E-state index contributed by atoms with van der Waals surface area (Å²) in [6.07, 6.45) is 0. The van der Waals surface area contributed by atoms with Gasteiger partial charge in [0.25, 0.3) is 0 Å². The normalized spacial score (nSPS) is 10.7. The molecule has 0 aliphatic rings. The number of nitrogen functional groups attached to an aromatic ring is 1. The van der Waals surface area contributed by atoms with Crippen LogP contribution in [0.15, 0.2) is 97.1 Å². The van der Waals surface area contributed by atoms with E-state index in [1.54, 1.807) is 0 Å². The van der Waals surface area contributed by atoms with Gasteiger partial charge in [0.2, 0.25) is 0 Å². The molecule has 0 heterocycles. The molecule has 26 heavy (non-hydrogen) atoms. The number of hydrogen-bond donors (Lipinski definition) is 1. The zero-order chi connectivity index (χ0) is 17.9. The number of nitrogens with two attached hydrogens (primary N) is 1. The van der Waals surface area contributed by atoms with E-state index in [-0.39, 0.29) is 0 Å². The Hall–Kier alpha value is -3.32. The highest BCUT2D eigenvalue weighted by atomic mass is 14.6. The maximum Gasteiger partial charge on any atom is 0.0394 e. The molecule has 0 fully saturated rings. The van der Waals surface area contributed by atoms with E-state index in [4.69, 9.17) is 5.73 Å². The summed E-state index contributed by atoms with van der Waals surface area (Å²) in [7, 11) is 0. The maximum atomic E-state index is 6.27. The van der Waals surface area contributed by atoms with Crippen molar-refractivity contribution in [3.8, 4) is 33.4 Å². The van der Waals surface area contributed by atoms with Gasteiger partial charge in [-0.15, -0.1) is 0 Å². The van der Waals surface area contributed by atoms with Gasteiger partial charge < -0.3 is 5.73 Å². The van der Waals surface area contributed by atoms with Gasteiger partial charge in [-0.25, -0.2) is 0 Å². The largest absolute Gasteiger partial charge is 0.398 e. The summed E-state index contributed by atoms with van der Waals surface area (Å²) in [6, 6.07) is 33.8. The molecule has 0 atom stereocenters. The summed E-state index contributed by atoms with van der Waals surface area (Å²) < 4.78 is 0. The van der Waals surface area contributed by atoms with Crippen molar-refractivity contribution in [2.75, 3.05) is 5.73 Å². The van der Waals surface area contributed by atoms with Crippen molar-refractivity contribution in [3.63, 3.8) is 0 Å². The van der Waals surface area contributed by atoms with Gasteiger partial charge in [0, 0.05) is 11.3 Å². The molecule has 0 bridgehead atoms. The lowest BCUT2D eigenvalue weighted by atomic mass is 9.94. The Balaban J connectivity index is 1.73. The number of anilines is 1. The van der Waals surface area contributed by atoms with Crippen LogP contribution in [0.4, 0.5) is 5.69 Å². The molecule has 0 radical (unpaired) electrons. The van der Waals surface area contributed by atoms with Crippen molar-refractivity contribution in [2.24, 2.45) is 0 Å². The predicted octanol–water partition coefficient (Wildman–Crippen LogP) is 6.58. The Morgan fingerprint density at radius 2 is 1.04 bits per heavy atom. The van der Waals surface area contributed by atoms with Gasteiger partial charge in [0.1, 0.15) is 0 Å². The molecule has 0 aromatic heterocycles. The van der Waals surface area contributed by atoms with E-state index in [0.717, 1.165) is 11.3 Å². The van der Waals surface area contributed by atoms with E-state index < -0.39 is 0 Å². The molecule has 0 saturated heterocycles. The van der Waals surface area contributed by atoms with Crippen LogP contribution in [-0.2, 0) is 0 Å². The molecule has 4 rings (SSSR count). The molecule has 0 aliphatic carbocycles. The zero-order valence-electron chi connectivity index (χ0n) is 14.8. The summed E-state index contributed by atoms with van der Waals surface area (Å²) in [5.41, 5.74) is 15.4. The van der Waals surface area contributed by atoms with Crippen LogP contribution in [0.2, 0.25) is 0 Å². The van der Waals surface area contributed by atoms with Gasteiger partial charge >= 0.3 is 0 Å². The first-order chi connectivity index (χ1) is 12.7. The lowest BCUT2D eigenvalue weighted by Gasteiger charge is -2.12. The van der Waals surface area contributed by atoms with Crippen molar-refractivity contribution >= 4 is 5.69 Å². The van der Waals surface area contributed by atoms with Gasteiger partial charge in [-0.2, -0.15) is 0 Å². The minimum Gasteiger partial charge on any atom is -0.398 e. The van der Waals surface area contributed by atoms with Gasteiger partial charge in [-0.3, -0.25) is 0 Å². The molecular formula is C25H21N. The second kappa shape index (κ2) is 6.89. The van der Waals surface area contributed by atoms with Crippen molar-refractivity contribution in [2.45, 2.75) is 6.92 Å². The highest BCUT2D eigenvalue weighted by molar-refractivity contribution is 5.83. The second-order valence-electron chi connectivity index (χ2n) is 6.56. The average molecular weight is 335 g/mol. The molecule has 1 heteroatoms. The third-order valence-electron chi connectivity index (χ3n) is 4.81. The predicted molar refractivity (Wildman–Crippen MR) is 112 cm³/mol. The van der Waals surface area contributed by atoms with Gasteiger partial charge in [0.05, 0.1) is 0 Å². The molecular weight excluding hydrogens is 314 g/mol. The van der Waals surface area contributed by atoms with E-state index in [0.29, 0.717) is 0 Å². The molecule has 0 spiro atoms. The van der Waals surface area contributed by atoms with Crippen molar-refractivity contribution < 1.29 is 0 Å². The smallest absolute Gasteiger partial charge is 0.0394 e. The van der Waals surface area contributed by atoms with Crippen LogP contribution >= 0.6 is 0 Å². The Morgan fingerprint density at radius 1 is 0.500 bits per heavy atom. The minimum absolute atomic E-state index is 0.809. The molecule has 0 unspecified atom stereocenters. The van der Waals surface area contributed by atoms with Gasteiger partial charge in [-0.05, 0) is 52.4 Å². The molecule has 126 valence electrons. The first kappa shape index (κ1) is 16.2. The molecule has 0 amide bonds. The van der Waals surface area contributed by atoms with E-state index in [1.165, 1.54) is 33.4 Å². The van der Waals surface area contributed by atoms with Gasteiger partial charge in [0.15, 0.2) is 0 Å². The Labute approximate surface area is 154 Å². The van der Waals surface area contributed by atoms with Crippen LogP contribution in [0, 0.1) is 6.92 Å². The molecule has 4 aromatic carbocycles. The Kier molecular flexibility index (Phi) is 4.28. The maximum absolute atomic E-state index is 6.27. The number of hydrogen-bond acceptors (Lipinski definition) is 1. The van der Waals surface area contributed by atoms with E-state index in [1.807, 2.05) is 12.1 Å².